The van der Waals surface area contributed by atoms with E-state index in [2.05, 4.69) is 17.9 Å². The van der Waals surface area contributed by atoms with Crippen LogP contribution in [0.1, 0.15) is 22.3 Å². The fourth-order valence-corrected chi connectivity index (χ4v) is 6.95. The van der Waals surface area contributed by atoms with Crippen molar-refractivity contribution < 1.29 is 27.9 Å². The first-order chi connectivity index (χ1) is 18.6. The highest BCUT2D eigenvalue weighted by Gasteiger charge is 2.41. The van der Waals surface area contributed by atoms with Gasteiger partial charge in [0.1, 0.15) is 0 Å². The predicted octanol–water partition coefficient (Wildman–Crippen LogP) is 2.60. The van der Waals surface area contributed by atoms with Gasteiger partial charge in [0, 0.05) is 24.5 Å². The Morgan fingerprint density at radius 2 is 1.72 bits per heavy atom. The average Bonchev–Trinajstić information content (AvgIpc) is 3.34. The molecule has 9 nitrogen and oxygen atoms in total. The Bertz CT molecular complexity index is 1470. The quantitative estimate of drug-likeness (QED) is 0.303. The zero-order valence-corrected chi connectivity index (χ0v) is 23.2. The normalized spacial score (nSPS) is 17.8. The molecule has 0 spiro atoms. The minimum Gasteiger partial charge on any atom is -0.478 e. The highest BCUT2D eigenvalue weighted by atomic mass is 32.2. The van der Waals surface area contributed by atoms with E-state index >= 15 is 0 Å². The molecule has 0 radical (unpaired) electrons. The highest BCUT2D eigenvalue weighted by Crippen LogP contribution is 2.27. The maximum atomic E-state index is 13.3. The fraction of sp³-hybridized carbons (Fsp3) is 0.321. The summed E-state index contributed by atoms with van der Waals surface area (Å²) in [7, 11) is -2.19. The first-order valence-electron chi connectivity index (χ1n) is 12.5. The van der Waals surface area contributed by atoms with Gasteiger partial charge in [0.15, 0.2) is 5.78 Å². The maximum Gasteiger partial charge on any atom is 0.335 e. The Morgan fingerprint density at radius 3 is 2.44 bits per heavy atom. The van der Waals surface area contributed by atoms with Crippen molar-refractivity contribution in [2.75, 3.05) is 37.3 Å². The number of ketones is 1. The first kappa shape index (κ1) is 28.8. The number of carbonyl (C=O) groups excluding carboxylic acids is 2. The van der Waals surface area contributed by atoms with E-state index in [-0.39, 0.29) is 47.9 Å². The number of carboxylic acids is 1. The fourth-order valence-electron chi connectivity index (χ4n) is 4.75. The molecule has 0 aromatic heterocycles. The Hall–Kier alpha value is -3.25. The van der Waals surface area contributed by atoms with Gasteiger partial charge < -0.3 is 15.3 Å². The van der Waals surface area contributed by atoms with Crippen molar-refractivity contribution in [1.29, 1.82) is 0 Å². The number of rotatable bonds is 11. The van der Waals surface area contributed by atoms with Crippen molar-refractivity contribution in [3.63, 3.8) is 0 Å². The van der Waals surface area contributed by atoms with Gasteiger partial charge in [0.05, 0.1) is 30.4 Å². The maximum absolute atomic E-state index is 13.3. The number of nitrogens with one attached hydrogen (secondary N) is 1. The van der Waals surface area contributed by atoms with E-state index in [1.807, 2.05) is 42.5 Å². The van der Waals surface area contributed by atoms with Gasteiger partial charge in [-0.25, -0.2) is 13.2 Å². The number of carbonyl (C=O) groups is 3. The van der Waals surface area contributed by atoms with Gasteiger partial charge in [-0.2, -0.15) is 16.9 Å². The number of amides is 1. The second-order valence-corrected chi connectivity index (χ2v) is 12.3. The molecule has 1 aliphatic rings. The number of aromatic carboxylic acids is 1. The predicted molar refractivity (Wildman–Crippen MR) is 154 cm³/mol. The molecule has 206 valence electrons. The molecule has 1 saturated heterocycles. The molecule has 0 saturated carbocycles. The lowest BCUT2D eigenvalue weighted by atomic mass is 10.0. The van der Waals surface area contributed by atoms with Crippen LogP contribution in [-0.4, -0.2) is 79.2 Å². The lowest BCUT2D eigenvalue weighted by molar-refractivity contribution is -0.121. The number of aryl methyl sites for hydroxylation is 1. The largest absolute Gasteiger partial charge is 0.478 e. The molecule has 1 aliphatic heterocycles. The molecular formula is C28H31N3O6S2. The topological polar surface area (TPSA) is 124 Å². The van der Waals surface area contributed by atoms with Crippen molar-refractivity contribution in [3.8, 4) is 0 Å². The zero-order valence-electron chi connectivity index (χ0n) is 21.5. The van der Waals surface area contributed by atoms with E-state index in [9.17, 15) is 22.8 Å². The Labute approximate surface area is 233 Å². The lowest BCUT2D eigenvalue weighted by Gasteiger charge is -2.23. The van der Waals surface area contributed by atoms with Gasteiger partial charge in [0.2, 0.25) is 15.9 Å². The number of hydrogen-bond donors (Lipinski definition) is 3. The van der Waals surface area contributed by atoms with Gasteiger partial charge >= 0.3 is 5.97 Å². The number of anilines is 1. The Morgan fingerprint density at radius 1 is 1.03 bits per heavy atom. The van der Waals surface area contributed by atoms with Crippen LogP contribution in [-0.2, 0) is 26.0 Å². The number of carboxylic acid groups (broad SMARTS) is 1. The summed E-state index contributed by atoms with van der Waals surface area (Å²) in [5.74, 6) is -1.83. The summed E-state index contributed by atoms with van der Waals surface area (Å²) < 4.78 is 27.9. The molecule has 39 heavy (non-hydrogen) atoms. The third kappa shape index (κ3) is 6.85. The second kappa shape index (κ2) is 12.3. The third-order valence-electron chi connectivity index (χ3n) is 6.92. The molecule has 0 bridgehead atoms. The van der Waals surface area contributed by atoms with Crippen molar-refractivity contribution in [2.24, 2.45) is 0 Å². The Balaban J connectivity index is 1.34. The van der Waals surface area contributed by atoms with Crippen molar-refractivity contribution in [1.82, 2.24) is 9.62 Å². The van der Waals surface area contributed by atoms with Crippen molar-refractivity contribution in [2.45, 2.75) is 24.1 Å². The van der Waals surface area contributed by atoms with E-state index in [1.54, 1.807) is 7.05 Å². The van der Waals surface area contributed by atoms with Gasteiger partial charge in [-0.05, 0) is 53.4 Å². The average molecular weight is 570 g/mol. The van der Waals surface area contributed by atoms with Crippen molar-refractivity contribution in [3.05, 3.63) is 77.9 Å². The van der Waals surface area contributed by atoms with E-state index < -0.39 is 22.0 Å². The molecule has 1 fully saturated rings. The number of Topliss-reactive ketones (excluding diaryl/α,β-unsaturated/α-hetero) is 1. The number of likely N-dealkylation sites (N-methyl/N-ethyl adjacent to an activating group) is 1. The smallest absolute Gasteiger partial charge is 0.335 e. The molecule has 1 heterocycles. The first-order valence-corrected chi connectivity index (χ1v) is 14.7. The van der Waals surface area contributed by atoms with Gasteiger partial charge in [-0.3, -0.25) is 9.59 Å². The summed E-state index contributed by atoms with van der Waals surface area (Å²) in [6, 6.07) is 18.7. The van der Waals surface area contributed by atoms with Crippen LogP contribution in [0, 0.1) is 0 Å². The van der Waals surface area contributed by atoms with E-state index in [1.165, 1.54) is 33.5 Å². The SMILES string of the molecule is CN(C(=O)CNCC(=O)C1CC(S)CN1S(=O)(=O)CCc1cccc2ccccc12)c1ccc(C(=O)O)cc1. The molecule has 2 N–H and O–H groups in total. The number of thiol groups is 1. The van der Waals surface area contributed by atoms with Crippen molar-refractivity contribution >= 4 is 56.8 Å². The summed E-state index contributed by atoms with van der Waals surface area (Å²) in [6.07, 6.45) is 0.631. The molecule has 1 amide bonds. The van der Waals surface area contributed by atoms with Crippen LogP contribution in [0.2, 0.25) is 0 Å². The van der Waals surface area contributed by atoms with E-state index in [0.29, 0.717) is 18.5 Å². The number of benzene rings is 3. The van der Waals surface area contributed by atoms with Crippen LogP contribution < -0.4 is 10.2 Å². The van der Waals surface area contributed by atoms with Gasteiger partial charge in [-0.15, -0.1) is 0 Å². The van der Waals surface area contributed by atoms with E-state index in [4.69, 9.17) is 5.11 Å². The monoisotopic (exact) mass is 569 g/mol. The molecule has 3 aromatic rings. The zero-order chi connectivity index (χ0) is 28.2. The number of fused-ring (bicyclic) bond motifs is 1. The summed E-state index contributed by atoms with van der Waals surface area (Å²) in [6.45, 7) is -0.156. The minimum atomic E-state index is -3.74. The summed E-state index contributed by atoms with van der Waals surface area (Å²) >= 11 is 4.46. The van der Waals surface area contributed by atoms with Crippen LogP contribution in [0.4, 0.5) is 5.69 Å². The number of hydrogen-bond acceptors (Lipinski definition) is 7. The van der Waals surface area contributed by atoms with Crippen LogP contribution in [0.3, 0.4) is 0 Å². The molecular weight excluding hydrogens is 538 g/mol. The van der Waals surface area contributed by atoms with E-state index in [0.717, 1.165) is 16.3 Å². The third-order valence-corrected chi connectivity index (χ3v) is 9.14. The van der Waals surface area contributed by atoms with Crippen LogP contribution in [0.5, 0.6) is 0 Å². The molecule has 2 unspecified atom stereocenters. The van der Waals surface area contributed by atoms with Crippen LogP contribution in [0.15, 0.2) is 66.7 Å². The molecule has 3 aromatic carbocycles. The van der Waals surface area contributed by atoms with Gasteiger partial charge in [-0.1, -0.05) is 42.5 Å². The highest BCUT2D eigenvalue weighted by molar-refractivity contribution is 7.89. The molecule has 0 aliphatic carbocycles. The number of nitrogens with zero attached hydrogens (tertiary/aromatic N) is 2. The van der Waals surface area contributed by atoms with Crippen LogP contribution in [0.25, 0.3) is 10.8 Å². The molecule has 11 heteroatoms. The lowest BCUT2D eigenvalue weighted by Crippen LogP contribution is -2.46. The standard InChI is InChI=1S/C28H31N3O6S2/c1-30(22-11-9-21(10-12-22)28(34)35)27(33)17-29-16-26(32)25-15-23(38)18-31(25)39(36,37)14-13-20-7-4-6-19-5-2-3-8-24(19)20/h2-12,23,25,29,38H,13-18H2,1H3,(H,34,35). The molecule has 4 rings (SSSR count). The summed E-state index contributed by atoms with van der Waals surface area (Å²) in [5.41, 5.74) is 1.55. The second-order valence-electron chi connectivity index (χ2n) is 9.55. The summed E-state index contributed by atoms with van der Waals surface area (Å²) in [5, 5.41) is 13.6. The minimum absolute atomic E-state index is 0.110. The molecule has 2 atom stereocenters. The van der Waals surface area contributed by atoms with Gasteiger partial charge in [0.25, 0.3) is 0 Å². The number of sulfonamides is 1. The van der Waals surface area contributed by atoms with Crippen LogP contribution >= 0.6 is 12.6 Å². The summed E-state index contributed by atoms with van der Waals surface area (Å²) in [4.78, 5) is 38.0. The Kier molecular flexibility index (Phi) is 9.06.